The molecule has 2 aromatic heterocycles. The fraction of sp³-hybridized carbons (Fsp3) is 0.143. The summed E-state index contributed by atoms with van der Waals surface area (Å²) in [5.74, 6) is 0.339. The fourth-order valence-electron chi connectivity index (χ4n) is 1.78. The topological polar surface area (TPSA) is 64.7 Å². The van der Waals surface area contributed by atoms with Crippen LogP contribution in [-0.4, -0.2) is 20.2 Å². The zero-order valence-corrected chi connectivity index (χ0v) is 13.4. The lowest BCUT2D eigenvalue weighted by Crippen LogP contribution is -2.05. The maximum absolute atomic E-state index is 12.8. The molecule has 5 nitrogen and oxygen atoms in total. The Morgan fingerprint density at radius 3 is 2.71 bits per heavy atom. The molecule has 0 fully saturated rings. The van der Waals surface area contributed by atoms with Crippen molar-refractivity contribution in [2.45, 2.75) is 17.2 Å². The minimum absolute atomic E-state index is 0.158. The van der Waals surface area contributed by atoms with Crippen LogP contribution in [0.1, 0.15) is 11.1 Å². The summed E-state index contributed by atoms with van der Waals surface area (Å²) in [6.07, 6.45) is 0.0270. The lowest BCUT2D eigenvalue weighted by Gasteiger charge is -2.09. The van der Waals surface area contributed by atoms with E-state index in [1.54, 1.807) is 0 Å². The summed E-state index contributed by atoms with van der Waals surface area (Å²) in [6.45, 7) is 0. The van der Waals surface area contributed by atoms with E-state index in [1.165, 1.54) is 24.7 Å². The van der Waals surface area contributed by atoms with Crippen molar-refractivity contribution in [3.05, 3.63) is 52.9 Å². The predicted octanol–water partition coefficient (Wildman–Crippen LogP) is 4.49. The van der Waals surface area contributed by atoms with E-state index >= 15 is 0 Å². The van der Waals surface area contributed by atoms with Crippen LogP contribution in [0.2, 0.25) is 5.02 Å². The Morgan fingerprint density at radius 1 is 1.17 bits per heavy atom. The van der Waals surface area contributed by atoms with E-state index in [1.807, 2.05) is 0 Å². The zero-order valence-electron chi connectivity index (χ0n) is 11.8. The Hall–Kier alpha value is -2.13. The normalized spacial score (nSPS) is 11.7. The second-order valence-electron chi connectivity index (χ2n) is 4.56. The van der Waals surface area contributed by atoms with Gasteiger partial charge in [0.05, 0.1) is 11.8 Å². The molecule has 0 aliphatic carbocycles. The first-order chi connectivity index (χ1) is 11.4. The van der Waals surface area contributed by atoms with E-state index in [4.69, 9.17) is 16.0 Å². The number of nitrogens with zero attached hydrogens (tertiary/aromatic N) is 4. The zero-order chi connectivity index (χ0) is 17.2. The van der Waals surface area contributed by atoms with Crippen LogP contribution in [0.4, 0.5) is 13.2 Å². The molecule has 1 aromatic carbocycles. The van der Waals surface area contributed by atoms with Gasteiger partial charge in [-0.2, -0.15) is 13.2 Å². The summed E-state index contributed by atoms with van der Waals surface area (Å²) in [6, 6.07) is 3.17. The van der Waals surface area contributed by atoms with Crippen LogP contribution in [0.25, 0.3) is 11.6 Å². The maximum atomic E-state index is 12.8. The number of aromatic nitrogens is 4. The van der Waals surface area contributed by atoms with Crippen molar-refractivity contribution < 1.29 is 17.6 Å². The average Bonchev–Trinajstić information content (AvgIpc) is 3.03. The number of hydrogen-bond acceptors (Lipinski definition) is 6. The molecule has 0 aliphatic heterocycles. The minimum atomic E-state index is -4.42. The van der Waals surface area contributed by atoms with Gasteiger partial charge in [-0.15, -0.1) is 10.2 Å². The predicted molar refractivity (Wildman–Crippen MR) is 81.3 cm³/mol. The van der Waals surface area contributed by atoms with E-state index in [0.29, 0.717) is 11.3 Å². The van der Waals surface area contributed by atoms with Gasteiger partial charge in [0.15, 0.2) is 0 Å². The molecule has 24 heavy (non-hydrogen) atoms. The molecule has 0 saturated heterocycles. The minimum Gasteiger partial charge on any atom is -0.410 e. The number of benzene rings is 1. The van der Waals surface area contributed by atoms with Gasteiger partial charge in [-0.25, -0.2) is 4.98 Å². The van der Waals surface area contributed by atoms with Gasteiger partial charge in [-0.05, 0) is 23.8 Å². The molecule has 2 heterocycles. The first kappa shape index (κ1) is 16.7. The van der Waals surface area contributed by atoms with Gasteiger partial charge in [-0.3, -0.25) is 4.98 Å². The highest BCUT2D eigenvalue weighted by atomic mass is 35.5. The molecule has 0 unspecified atom stereocenters. The number of halogens is 4. The van der Waals surface area contributed by atoms with E-state index in [0.717, 1.165) is 23.9 Å². The molecule has 3 aromatic rings. The van der Waals surface area contributed by atoms with Gasteiger partial charge < -0.3 is 4.42 Å². The Labute approximate surface area is 143 Å². The van der Waals surface area contributed by atoms with Crippen LogP contribution in [0.5, 0.6) is 0 Å². The average molecular weight is 373 g/mol. The second kappa shape index (κ2) is 6.78. The first-order valence-corrected chi connectivity index (χ1v) is 7.88. The molecule has 0 spiro atoms. The quantitative estimate of drug-likeness (QED) is 0.629. The summed E-state index contributed by atoms with van der Waals surface area (Å²) in [7, 11) is 0. The Balaban J connectivity index is 1.74. The van der Waals surface area contributed by atoms with Crippen LogP contribution < -0.4 is 0 Å². The number of thioether (sulfide) groups is 1. The number of hydrogen-bond donors (Lipinski definition) is 0. The summed E-state index contributed by atoms with van der Waals surface area (Å²) in [4.78, 5) is 7.91. The highest BCUT2D eigenvalue weighted by Gasteiger charge is 2.30. The third-order valence-corrected chi connectivity index (χ3v) is 4.15. The molecule has 0 aliphatic rings. The van der Waals surface area contributed by atoms with E-state index in [-0.39, 0.29) is 21.9 Å². The van der Waals surface area contributed by atoms with Crippen LogP contribution in [0.3, 0.4) is 0 Å². The van der Waals surface area contributed by atoms with Crippen LogP contribution in [0, 0.1) is 0 Å². The van der Waals surface area contributed by atoms with Gasteiger partial charge in [0.1, 0.15) is 5.69 Å². The number of alkyl halides is 3. The lowest BCUT2D eigenvalue weighted by atomic mass is 10.1. The van der Waals surface area contributed by atoms with Crippen molar-refractivity contribution in [1.82, 2.24) is 20.2 Å². The maximum Gasteiger partial charge on any atom is 0.416 e. The first-order valence-electron chi connectivity index (χ1n) is 6.52. The molecule has 0 amide bonds. The Kier molecular flexibility index (Phi) is 4.72. The Bertz CT molecular complexity index is 842. The van der Waals surface area contributed by atoms with E-state index < -0.39 is 11.7 Å². The molecule has 0 N–H and O–H groups in total. The molecule has 0 radical (unpaired) electrons. The van der Waals surface area contributed by atoms with Crippen molar-refractivity contribution in [2.75, 3.05) is 0 Å². The molecule has 0 atom stereocenters. The SMILES string of the molecule is FC(F)(F)c1ccc(Cl)c(CSc2nnc(-c3cnccn3)o2)c1. The Morgan fingerprint density at radius 2 is 2.00 bits per heavy atom. The summed E-state index contributed by atoms with van der Waals surface area (Å²) < 4.78 is 43.7. The van der Waals surface area contributed by atoms with Crippen LogP contribution in [0.15, 0.2) is 46.4 Å². The van der Waals surface area contributed by atoms with Crippen molar-refractivity contribution in [3.63, 3.8) is 0 Å². The fourth-order valence-corrected chi connectivity index (χ4v) is 2.80. The highest BCUT2D eigenvalue weighted by molar-refractivity contribution is 7.98. The largest absolute Gasteiger partial charge is 0.416 e. The van der Waals surface area contributed by atoms with E-state index in [9.17, 15) is 13.2 Å². The summed E-state index contributed by atoms with van der Waals surface area (Å²) in [5, 5.41) is 8.08. The summed E-state index contributed by atoms with van der Waals surface area (Å²) in [5.41, 5.74) is -0.0158. The van der Waals surface area contributed by atoms with Gasteiger partial charge in [-0.1, -0.05) is 23.4 Å². The summed E-state index contributed by atoms with van der Waals surface area (Å²) >= 11 is 7.03. The molecule has 3 rings (SSSR count). The molecular weight excluding hydrogens is 365 g/mol. The van der Waals surface area contributed by atoms with Crippen molar-refractivity contribution >= 4 is 23.4 Å². The van der Waals surface area contributed by atoms with Crippen molar-refractivity contribution in [3.8, 4) is 11.6 Å². The molecule has 0 bridgehead atoms. The smallest absolute Gasteiger partial charge is 0.410 e. The molecular formula is C14H8ClF3N4OS. The molecule has 0 saturated carbocycles. The highest BCUT2D eigenvalue weighted by Crippen LogP contribution is 2.34. The van der Waals surface area contributed by atoms with Gasteiger partial charge in [0.25, 0.3) is 11.1 Å². The van der Waals surface area contributed by atoms with E-state index in [2.05, 4.69) is 20.2 Å². The van der Waals surface area contributed by atoms with Crippen LogP contribution >= 0.6 is 23.4 Å². The molecule has 10 heteroatoms. The number of rotatable bonds is 4. The van der Waals surface area contributed by atoms with Crippen molar-refractivity contribution in [2.24, 2.45) is 0 Å². The molecule has 124 valence electrons. The third-order valence-electron chi connectivity index (χ3n) is 2.91. The standard InChI is InChI=1S/C14H8ClF3N4OS/c15-10-2-1-9(14(16,17)18)5-8(10)7-24-13-22-21-12(23-13)11-6-19-3-4-20-11/h1-6H,7H2. The third kappa shape index (κ3) is 3.85. The van der Waals surface area contributed by atoms with Gasteiger partial charge in [0.2, 0.25) is 0 Å². The monoisotopic (exact) mass is 372 g/mol. The van der Waals surface area contributed by atoms with Gasteiger partial charge in [0, 0.05) is 23.2 Å². The second-order valence-corrected chi connectivity index (χ2v) is 5.89. The van der Waals surface area contributed by atoms with Gasteiger partial charge >= 0.3 is 6.18 Å². The van der Waals surface area contributed by atoms with Crippen molar-refractivity contribution in [1.29, 1.82) is 0 Å². The lowest BCUT2D eigenvalue weighted by molar-refractivity contribution is -0.137. The van der Waals surface area contributed by atoms with Crippen LogP contribution in [-0.2, 0) is 11.9 Å².